The van der Waals surface area contributed by atoms with E-state index in [1.807, 2.05) is 24.3 Å². The van der Waals surface area contributed by atoms with Crippen LogP contribution in [0.1, 0.15) is 44.6 Å². The lowest BCUT2D eigenvalue weighted by atomic mass is 10.2. The third-order valence-electron chi connectivity index (χ3n) is 3.79. The Balaban J connectivity index is 1.64. The van der Waals surface area contributed by atoms with Crippen molar-refractivity contribution in [3.63, 3.8) is 0 Å². The van der Waals surface area contributed by atoms with Gasteiger partial charge in [-0.2, -0.15) is 5.10 Å². The zero-order valence-electron chi connectivity index (χ0n) is 14.3. The second-order valence-electron chi connectivity index (χ2n) is 5.84. The zero-order chi connectivity index (χ0) is 17.0. The zero-order valence-corrected chi connectivity index (χ0v) is 15.1. The number of rotatable bonds is 9. The van der Waals surface area contributed by atoms with E-state index in [0.29, 0.717) is 5.11 Å². The van der Waals surface area contributed by atoms with E-state index < -0.39 is 0 Å². The van der Waals surface area contributed by atoms with E-state index in [9.17, 15) is 0 Å². The molecule has 0 saturated carbocycles. The molecule has 2 rings (SSSR count). The maximum absolute atomic E-state index is 5.68. The predicted molar refractivity (Wildman–Crippen MR) is 102 cm³/mol. The number of thiocarbonyl (C=S) groups is 1. The fourth-order valence-electron chi connectivity index (χ4n) is 2.41. The van der Waals surface area contributed by atoms with Crippen LogP contribution in [0.4, 0.5) is 0 Å². The lowest BCUT2D eigenvalue weighted by Gasteiger charge is -2.11. The third kappa shape index (κ3) is 7.27. The van der Waals surface area contributed by atoms with Crippen LogP contribution in [-0.4, -0.2) is 37.2 Å². The summed E-state index contributed by atoms with van der Waals surface area (Å²) in [5.74, 6) is 0.893. The van der Waals surface area contributed by atoms with Crippen molar-refractivity contribution in [2.75, 3.05) is 19.8 Å². The first-order valence-electron chi connectivity index (χ1n) is 8.69. The van der Waals surface area contributed by atoms with Gasteiger partial charge in [0.2, 0.25) is 0 Å². The molecule has 1 aliphatic rings. The van der Waals surface area contributed by atoms with Crippen molar-refractivity contribution >= 4 is 23.5 Å². The molecule has 1 atom stereocenters. The van der Waals surface area contributed by atoms with Crippen LogP contribution in [0.15, 0.2) is 29.4 Å². The predicted octanol–water partition coefficient (Wildman–Crippen LogP) is 3.23. The smallest absolute Gasteiger partial charge is 0.187 e. The number of ether oxygens (including phenoxy) is 2. The van der Waals surface area contributed by atoms with E-state index in [0.717, 1.165) is 50.3 Å². The number of nitrogens with one attached hydrogen (secondary N) is 2. The molecule has 1 aromatic carbocycles. The first-order valence-corrected chi connectivity index (χ1v) is 9.10. The SMILES string of the molecule is CCCCCOc1ccc(/C=N\NC(=S)NC[C@H]2CCCO2)cc1. The molecule has 1 aromatic rings. The Morgan fingerprint density at radius 1 is 1.38 bits per heavy atom. The molecule has 2 N–H and O–H groups in total. The number of hydrogen-bond acceptors (Lipinski definition) is 4. The van der Waals surface area contributed by atoms with Crippen LogP contribution < -0.4 is 15.5 Å². The van der Waals surface area contributed by atoms with Crippen LogP contribution >= 0.6 is 12.2 Å². The number of benzene rings is 1. The number of nitrogens with zero attached hydrogens (tertiary/aromatic N) is 1. The Hall–Kier alpha value is -1.66. The molecule has 132 valence electrons. The fourth-order valence-corrected chi connectivity index (χ4v) is 2.55. The molecule has 0 bridgehead atoms. The minimum atomic E-state index is 0.263. The minimum absolute atomic E-state index is 0.263. The van der Waals surface area contributed by atoms with Gasteiger partial charge in [-0.3, -0.25) is 5.43 Å². The van der Waals surface area contributed by atoms with E-state index in [1.165, 1.54) is 12.8 Å². The van der Waals surface area contributed by atoms with Gasteiger partial charge in [0.25, 0.3) is 0 Å². The van der Waals surface area contributed by atoms with E-state index in [4.69, 9.17) is 21.7 Å². The first kappa shape index (κ1) is 18.7. The molecule has 24 heavy (non-hydrogen) atoms. The van der Waals surface area contributed by atoms with Crippen molar-refractivity contribution in [3.05, 3.63) is 29.8 Å². The molecular weight excluding hydrogens is 322 g/mol. The molecule has 0 aliphatic carbocycles. The van der Waals surface area contributed by atoms with E-state index in [2.05, 4.69) is 22.8 Å². The summed E-state index contributed by atoms with van der Waals surface area (Å²) in [5.41, 5.74) is 3.81. The van der Waals surface area contributed by atoms with Crippen molar-refractivity contribution in [2.45, 2.75) is 45.1 Å². The van der Waals surface area contributed by atoms with Crippen molar-refractivity contribution in [1.29, 1.82) is 0 Å². The van der Waals surface area contributed by atoms with Gasteiger partial charge in [-0.25, -0.2) is 0 Å². The van der Waals surface area contributed by atoms with Crippen LogP contribution in [0.2, 0.25) is 0 Å². The highest BCUT2D eigenvalue weighted by Gasteiger charge is 2.14. The highest BCUT2D eigenvalue weighted by molar-refractivity contribution is 7.80. The number of unbranched alkanes of at least 4 members (excludes halogenated alkanes) is 2. The van der Waals surface area contributed by atoms with Gasteiger partial charge in [0.05, 0.1) is 18.9 Å². The number of hydrogen-bond donors (Lipinski definition) is 2. The van der Waals surface area contributed by atoms with Crippen LogP contribution in [0.3, 0.4) is 0 Å². The standard InChI is InChI=1S/C18H27N3O2S/c1-2-3-4-11-22-16-9-7-15(8-10-16)13-20-21-18(24)19-14-17-6-5-12-23-17/h7-10,13,17H,2-6,11-12,14H2,1H3,(H2,19,21,24)/b20-13-/t17-/m1/s1. The minimum Gasteiger partial charge on any atom is -0.494 e. The fraction of sp³-hybridized carbons (Fsp3) is 0.556. The monoisotopic (exact) mass is 349 g/mol. The summed E-state index contributed by atoms with van der Waals surface area (Å²) in [5, 5.41) is 7.77. The molecule has 1 fully saturated rings. The van der Waals surface area contributed by atoms with Crippen LogP contribution in [-0.2, 0) is 4.74 Å². The molecule has 1 heterocycles. The van der Waals surface area contributed by atoms with Crippen LogP contribution in [0, 0.1) is 0 Å². The summed E-state index contributed by atoms with van der Waals surface area (Å²) in [6, 6.07) is 7.87. The topological polar surface area (TPSA) is 54.9 Å². The Labute approximate surface area is 149 Å². The molecule has 1 saturated heterocycles. The quantitative estimate of drug-likeness (QED) is 0.310. The second-order valence-corrected chi connectivity index (χ2v) is 6.25. The Kier molecular flexibility index (Phi) is 8.55. The van der Waals surface area contributed by atoms with Gasteiger partial charge in [0.15, 0.2) is 5.11 Å². The lowest BCUT2D eigenvalue weighted by molar-refractivity contribution is 0.114. The maximum atomic E-state index is 5.68. The van der Waals surface area contributed by atoms with E-state index >= 15 is 0 Å². The number of hydrazone groups is 1. The summed E-state index contributed by atoms with van der Waals surface area (Å²) in [6.45, 7) is 4.54. The summed E-state index contributed by atoms with van der Waals surface area (Å²) < 4.78 is 11.2. The van der Waals surface area contributed by atoms with Gasteiger partial charge in [0.1, 0.15) is 5.75 Å². The highest BCUT2D eigenvalue weighted by Crippen LogP contribution is 2.12. The first-order chi connectivity index (χ1) is 11.8. The molecule has 0 amide bonds. The molecule has 6 heteroatoms. The Bertz CT molecular complexity index is 514. The Morgan fingerprint density at radius 2 is 2.21 bits per heavy atom. The lowest BCUT2D eigenvalue weighted by Crippen LogP contribution is -2.37. The van der Waals surface area contributed by atoms with E-state index in [-0.39, 0.29) is 6.10 Å². The van der Waals surface area contributed by atoms with Gasteiger partial charge in [0, 0.05) is 13.2 Å². The molecule has 0 radical (unpaired) electrons. The molecule has 0 aromatic heterocycles. The molecule has 1 aliphatic heterocycles. The van der Waals surface area contributed by atoms with Crippen molar-refractivity contribution < 1.29 is 9.47 Å². The summed E-state index contributed by atoms with van der Waals surface area (Å²) >= 11 is 5.18. The van der Waals surface area contributed by atoms with Crippen molar-refractivity contribution in [3.8, 4) is 5.75 Å². The van der Waals surface area contributed by atoms with Gasteiger partial charge in [-0.1, -0.05) is 19.8 Å². The van der Waals surface area contributed by atoms with E-state index in [1.54, 1.807) is 6.21 Å². The Morgan fingerprint density at radius 3 is 2.92 bits per heavy atom. The highest BCUT2D eigenvalue weighted by atomic mass is 32.1. The largest absolute Gasteiger partial charge is 0.494 e. The van der Waals surface area contributed by atoms with Gasteiger partial charge >= 0.3 is 0 Å². The third-order valence-corrected chi connectivity index (χ3v) is 4.03. The summed E-state index contributed by atoms with van der Waals surface area (Å²) in [7, 11) is 0. The van der Waals surface area contributed by atoms with Crippen molar-refractivity contribution in [1.82, 2.24) is 10.7 Å². The van der Waals surface area contributed by atoms with Gasteiger partial charge < -0.3 is 14.8 Å². The molecule has 0 spiro atoms. The molecule has 5 nitrogen and oxygen atoms in total. The van der Waals surface area contributed by atoms with Crippen molar-refractivity contribution in [2.24, 2.45) is 5.10 Å². The van der Waals surface area contributed by atoms with Gasteiger partial charge in [-0.15, -0.1) is 0 Å². The summed E-state index contributed by atoms with van der Waals surface area (Å²) in [4.78, 5) is 0. The van der Waals surface area contributed by atoms with Crippen LogP contribution in [0.25, 0.3) is 0 Å². The van der Waals surface area contributed by atoms with Gasteiger partial charge in [-0.05, 0) is 61.3 Å². The average Bonchev–Trinajstić information content (AvgIpc) is 3.12. The molecule has 0 unspecified atom stereocenters. The molecular formula is C18H27N3O2S. The maximum Gasteiger partial charge on any atom is 0.187 e. The second kappa shape index (κ2) is 11.0. The summed E-state index contributed by atoms with van der Waals surface area (Å²) in [6.07, 6.45) is 7.72. The van der Waals surface area contributed by atoms with Crippen LogP contribution in [0.5, 0.6) is 5.75 Å². The average molecular weight is 350 g/mol. The normalized spacial score (nSPS) is 17.1.